The highest BCUT2D eigenvalue weighted by Crippen LogP contribution is 2.35. The average Bonchev–Trinajstić information content (AvgIpc) is 3.49. The Hall–Kier alpha value is -3.79. The molecule has 1 saturated carbocycles. The van der Waals surface area contributed by atoms with Crippen molar-refractivity contribution in [2.24, 2.45) is 5.73 Å². The van der Waals surface area contributed by atoms with E-state index in [2.05, 4.69) is 9.69 Å². The van der Waals surface area contributed by atoms with Crippen molar-refractivity contribution in [2.75, 3.05) is 10.6 Å². The number of nitrogen functional groups attached to an aromatic ring is 1. The second kappa shape index (κ2) is 10.4. The van der Waals surface area contributed by atoms with Gasteiger partial charge in [0.25, 0.3) is 11.8 Å². The molecule has 0 radical (unpaired) electrons. The summed E-state index contributed by atoms with van der Waals surface area (Å²) in [5.74, 6) is -2.31. The van der Waals surface area contributed by atoms with Gasteiger partial charge in [-0.3, -0.25) is 19.3 Å². The minimum absolute atomic E-state index is 0.00838. The summed E-state index contributed by atoms with van der Waals surface area (Å²) >= 11 is 0.747. The van der Waals surface area contributed by atoms with Gasteiger partial charge in [-0.2, -0.15) is 4.37 Å². The van der Waals surface area contributed by atoms with E-state index in [-0.39, 0.29) is 28.2 Å². The molecular weight excluding hydrogens is 481 g/mol. The minimum Gasteiger partial charge on any atom is -0.395 e. The third-order valence-corrected chi connectivity index (χ3v) is 7.24. The van der Waals surface area contributed by atoms with Crippen molar-refractivity contribution in [1.29, 1.82) is 0 Å². The van der Waals surface area contributed by atoms with Crippen molar-refractivity contribution >= 4 is 40.6 Å². The maximum Gasteiger partial charge on any atom is 0.273 e. The third kappa shape index (κ3) is 5.08. The average molecular weight is 510 g/mol. The molecule has 10 heteroatoms. The molecule has 0 unspecified atom stereocenters. The van der Waals surface area contributed by atoms with Crippen LogP contribution in [-0.2, 0) is 4.79 Å². The van der Waals surface area contributed by atoms with Gasteiger partial charge in [0.15, 0.2) is 5.69 Å². The molecule has 188 valence electrons. The monoisotopic (exact) mass is 509 g/mol. The summed E-state index contributed by atoms with van der Waals surface area (Å²) in [5, 5.41) is 3.08. The van der Waals surface area contributed by atoms with Crippen molar-refractivity contribution in [3.63, 3.8) is 0 Å². The molecule has 1 aliphatic rings. The maximum absolute atomic E-state index is 14.1. The van der Waals surface area contributed by atoms with Crippen LogP contribution < -0.4 is 21.7 Å². The number of primary amides is 1. The Morgan fingerprint density at radius 3 is 2.39 bits per heavy atom. The Labute approximate surface area is 212 Å². The van der Waals surface area contributed by atoms with Crippen LogP contribution >= 0.6 is 11.5 Å². The topological polar surface area (TPSA) is 131 Å². The second-order valence-electron chi connectivity index (χ2n) is 9.05. The number of rotatable bonds is 7. The van der Waals surface area contributed by atoms with Crippen LogP contribution in [0, 0.1) is 19.7 Å². The van der Waals surface area contributed by atoms with Gasteiger partial charge in [-0.1, -0.05) is 37.1 Å². The molecule has 3 aromatic rings. The fraction of sp³-hybridized carbons (Fsp3) is 0.308. The summed E-state index contributed by atoms with van der Waals surface area (Å²) in [4.78, 5) is 41.0. The van der Waals surface area contributed by atoms with Gasteiger partial charge in [-0.15, -0.1) is 0 Å². The first-order valence-electron chi connectivity index (χ1n) is 11.7. The van der Waals surface area contributed by atoms with Gasteiger partial charge < -0.3 is 16.8 Å². The Bertz CT molecular complexity index is 1300. The summed E-state index contributed by atoms with van der Waals surface area (Å²) < 4.78 is 17.8. The fourth-order valence-electron chi connectivity index (χ4n) is 4.50. The van der Waals surface area contributed by atoms with E-state index in [1.807, 2.05) is 26.0 Å². The molecule has 36 heavy (non-hydrogen) atoms. The van der Waals surface area contributed by atoms with Crippen LogP contribution in [0.25, 0.3) is 0 Å². The molecule has 1 fully saturated rings. The van der Waals surface area contributed by atoms with Gasteiger partial charge in [0.1, 0.15) is 16.7 Å². The Morgan fingerprint density at radius 2 is 1.78 bits per heavy atom. The van der Waals surface area contributed by atoms with Crippen molar-refractivity contribution in [3.8, 4) is 0 Å². The van der Waals surface area contributed by atoms with Gasteiger partial charge in [0.05, 0.1) is 5.69 Å². The molecule has 1 aromatic heterocycles. The van der Waals surface area contributed by atoms with E-state index in [0.717, 1.165) is 48.3 Å². The molecule has 2 aromatic carbocycles. The van der Waals surface area contributed by atoms with E-state index < -0.39 is 23.7 Å². The lowest BCUT2D eigenvalue weighted by Crippen LogP contribution is -2.46. The van der Waals surface area contributed by atoms with E-state index in [4.69, 9.17) is 11.5 Å². The van der Waals surface area contributed by atoms with E-state index in [0.29, 0.717) is 11.3 Å². The number of nitrogens with two attached hydrogens (primary N) is 2. The van der Waals surface area contributed by atoms with Crippen LogP contribution in [0.4, 0.5) is 15.8 Å². The fourth-order valence-corrected chi connectivity index (χ4v) is 5.24. The predicted molar refractivity (Wildman–Crippen MR) is 137 cm³/mol. The number of aryl methyl sites for hydroxylation is 2. The quantitative estimate of drug-likeness (QED) is 0.443. The van der Waals surface area contributed by atoms with Crippen LogP contribution in [0.3, 0.4) is 0 Å². The zero-order valence-electron chi connectivity index (χ0n) is 20.1. The number of carbonyl (C=O) groups is 3. The van der Waals surface area contributed by atoms with Crippen molar-refractivity contribution in [3.05, 3.63) is 75.5 Å². The first kappa shape index (κ1) is 25.3. The van der Waals surface area contributed by atoms with Gasteiger partial charge in [0, 0.05) is 11.7 Å². The smallest absolute Gasteiger partial charge is 0.273 e. The van der Waals surface area contributed by atoms with Crippen LogP contribution in [0.2, 0.25) is 0 Å². The lowest BCUT2D eigenvalue weighted by Gasteiger charge is -2.33. The molecule has 0 aliphatic heterocycles. The van der Waals surface area contributed by atoms with Crippen LogP contribution in [0.5, 0.6) is 0 Å². The molecule has 0 saturated heterocycles. The zero-order valence-corrected chi connectivity index (χ0v) is 20.9. The second-order valence-corrected chi connectivity index (χ2v) is 9.82. The van der Waals surface area contributed by atoms with Gasteiger partial charge in [0.2, 0.25) is 5.91 Å². The first-order valence-corrected chi connectivity index (χ1v) is 12.5. The lowest BCUT2D eigenvalue weighted by molar-refractivity contribution is -0.123. The van der Waals surface area contributed by atoms with Crippen LogP contribution in [0.15, 0.2) is 42.5 Å². The van der Waals surface area contributed by atoms with Crippen molar-refractivity contribution in [2.45, 2.75) is 51.6 Å². The van der Waals surface area contributed by atoms with E-state index in [1.54, 1.807) is 6.07 Å². The van der Waals surface area contributed by atoms with Gasteiger partial charge in [-0.05, 0) is 73.1 Å². The SMILES string of the molecule is Cc1ccc(C)c(N(C(=O)c2snc(C(N)=O)c2N)[C@H](C(=O)NC2CCCC2)c2ccc(F)cc2)c1. The Morgan fingerprint density at radius 1 is 1.11 bits per heavy atom. The van der Waals surface area contributed by atoms with E-state index in [9.17, 15) is 18.8 Å². The van der Waals surface area contributed by atoms with E-state index in [1.165, 1.54) is 29.2 Å². The Balaban J connectivity index is 1.89. The standard InChI is InChI=1S/C26H28FN5O3S/c1-14-7-8-15(2)19(13-14)32(26(35)23-20(28)21(24(29)33)31-36-23)22(16-9-11-17(27)12-10-16)25(34)30-18-5-3-4-6-18/h7-13,18,22H,3-6,28H2,1-2H3,(H2,29,33)(H,30,34)/t22-/m0/s1. The van der Waals surface area contributed by atoms with Crippen LogP contribution in [-0.4, -0.2) is 28.1 Å². The Kier molecular flexibility index (Phi) is 7.35. The van der Waals surface area contributed by atoms with Gasteiger partial charge in [-0.25, -0.2) is 4.39 Å². The number of amides is 3. The number of benzene rings is 2. The highest BCUT2D eigenvalue weighted by molar-refractivity contribution is 7.09. The van der Waals surface area contributed by atoms with Crippen molar-refractivity contribution in [1.82, 2.24) is 9.69 Å². The number of hydrogen-bond donors (Lipinski definition) is 3. The normalized spacial score (nSPS) is 14.4. The molecule has 1 heterocycles. The molecule has 1 aliphatic carbocycles. The molecule has 5 N–H and O–H groups in total. The first-order chi connectivity index (χ1) is 17.2. The van der Waals surface area contributed by atoms with E-state index >= 15 is 0 Å². The molecule has 0 spiro atoms. The zero-order chi connectivity index (χ0) is 26.0. The number of carbonyl (C=O) groups excluding carboxylic acids is 3. The molecule has 8 nitrogen and oxygen atoms in total. The summed E-state index contributed by atoms with van der Waals surface area (Å²) in [6.45, 7) is 3.71. The maximum atomic E-state index is 14.1. The summed E-state index contributed by atoms with van der Waals surface area (Å²) in [5.41, 5.74) is 13.7. The van der Waals surface area contributed by atoms with Crippen LogP contribution in [0.1, 0.15) is 68.6 Å². The minimum atomic E-state index is -1.13. The van der Waals surface area contributed by atoms with Gasteiger partial charge >= 0.3 is 0 Å². The molecular formula is C26H28FN5O3S. The summed E-state index contributed by atoms with van der Waals surface area (Å²) in [6.07, 6.45) is 3.73. The highest BCUT2D eigenvalue weighted by Gasteiger charge is 2.37. The van der Waals surface area contributed by atoms with Crippen molar-refractivity contribution < 1.29 is 18.8 Å². The number of nitrogens with one attached hydrogen (secondary N) is 1. The molecule has 3 amide bonds. The summed E-state index contributed by atoms with van der Waals surface area (Å²) in [7, 11) is 0. The highest BCUT2D eigenvalue weighted by atomic mass is 32.1. The lowest BCUT2D eigenvalue weighted by atomic mass is 10.00. The molecule has 4 rings (SSSR count). The number of halogens is 1. The number of aromatic nitrogens is 1. The third-order valence-electron chi connectivity index (χ3n) is 6.39. The predicted octanol–water partition coefficient (Wildman–Crippen LogP) is 4.03. The molecule has 1 atom stereocenters. The largest absolute Gasteiger partial charge is 0.395 e. The molecule has 0 bridgehead atoms. The number of nitrogens with zero attached hydrogens (tertiary/aromatic N) is 2. The summed E-state index contributed by atoms with van der Waals surface area (Å²) in [6, 6.07) is 9.91. The number of anilines is 2. The number of hydrogen-bond acceptors (Lipinski definition) is 6.